The molecule has 1 saturated carbocycles. The summed E-state index contributed by atoms with van der Waals surface area (Å²) >= 11 is 0. The van der Waals surface area contributed by atoms with Crippen LogP contribution in [0.25, 0.3) is 5.69 Å². The number of sulfonamides is 1. The zero-order chi connectivity index (χ0) is 17.7. The molecule has 0 radical (unpaired) electrons. The van der Waals surface area contributed by atoms with Gasteiger partial charge in [0.1, 0.15) is 0 Å². The van der Waals surface area contributed by atoms with Crippen LogP contribution in [0.1, 0.15) is 29.7 Å². The predicted molar refractivity (Wildman–Crippen MR) is 91.5 cm³/mol. The minimum absolute atomic E-state index is 0.252. The number of carbonyl (C=O) groups excluding carboxylic acids is 1. The molecule has 1 heterocycles. The highest BCUT2D eigenvalue weighted by Gasteiger charge is 2.59. The lowest BCUT2D eigenvalue weighted by Gasteiger charge is -2.13. The van der Waals surface area contributed by atoms with Crippen molar-refractivity contribution in [2.75, 3.05) is 5.32 Å². The molecule has 1 aliphatic carbocycles. The summed E-state index contributed by atoms with van der Waals surface area (Å²) in [5, 5.41) is 12.2. The molecular formula is C16H20N4O3S. The third-order valence-corrected chi connectivity index (χ3v) is 6.20. The molecule has 0 saturated heterocycles. The SMILES string of the molecule is Cc1ccc(C)c(-n2ncc(NC(=O)C3(S(N)(=O)=O)CC3)c2C)c1. The van der Waals surface area contributed by atoms with Gasteiger partial charge in [-0.15, -0.1) is 0 Å². The lowest BCUT2D eigenvalue weighted by atomic mass is 10.1. The van der Waals surface area contributed by atoms with Gasteiger partial charge < -0.3 is 5.32 Å². The number of nitrogens with one attached hydrogen (secondary N) is 1. The van der Waals surface area contributed by atoms with Crippen LogP contribution in [-0.2, 0) is 14.8 Å². The average Bonchev–Trinajstić information content (AvgIpc) is 3.24. The van der Waals surface area contributed by atoms with Gasteiger partial charge in [-0.2, -0.15) is 5.10 Å². The second-order valence-corrected chi connectivity index (χ2v) is 8.21. The third kappa shape index (κ3) is 2.61. The van der Waals surface area contributed by atoms with Gasteiger partial charge in [0.15, 0.2) is 4.75 Å². The summed E-state index contributed by atoms with van der Waals surface area (Å²) in [6.45, 7) is 5.79. The molecule has 0 aliphatic heterocycles. The van der Waals surface area contributed by atoms with Gasteiger partial charge >= 0.3 is 0 Å². The second kappa shape index (κ2) is 5.42. The first-order valence-electron chi connectivity index (χ1n) is 7.62. The molecule has 128 valence electrons. The number of benzene rings is 1. The Morgan fingerprint density at radius 3 is 2.54 bits per heavy atom. The summed E-state index contributed by atoms with van der Waals surface area (Å²) < 4.78 is 23.5. The molecule has 1 amide bonds. The molecule has 1 fully saturated rings. The van der Waals surface area contributed by atoms with Crippen molar-refractivity contribution in [2.45, 2.75) is 38.4 Å². The second-order valence-electron chi connectivity index (χ2n) is 6.34. The Balaban J connectivity index is 1.92. The molecule has 24 heavy (non-hydrogen) atoms. The van der Waals surface area contributed by atoms with E-state index in [1.54, 1.807) is 4.68 Å². The quantitative estimate of drug-likeness (QED) is 0.874. The zero-order valence-electron chi connectivity index (χ0n) is 13.8. The molecule has 7 nitrogen and oxygen atoms in total. The molecule has 1 aromatic heterocycles. The van der Waals surface area contributed by atoms with Gasteiger partial charge in [0.2, 0.25) is 15.9 Å². The van der Waals surface area contributed by atoms with Crippen molar-refractivity contribution in [1.29, 1.82) is 0 Å². The van der Waals surface area contributed by atoms with Gasteiger partial charge in [-0.1, -0.05) is 12.1 Å². The van der Waals surface area contributed by atoms with E-state index in [9.17, 15) is 13.2 Å². The Morgan fingerprint density at radius 2 is 1.96 bits per heavy atom. The highest BCUT2D eigenvalue weighted by Crippen LogP contribution is 2.43. The number of carbonyl (C=O) groups is 1. The molecule has 0 atom stereocenters. The van der Waals surface area contributed by atoms with Gasteiger partial charge in [-0.3, -0.25) is 4.79 Å². The molecule has 1 aliphatic rings. The van der Waals surface area contributed by atoms with E-state index < -0.39 is 20.7 Å². The maximum absolute atomic E-state index is 12.4. The minimum atomic E-state index is -3.92. The summed E-state index contributed by atoms with van der Waals surface area (Å²) in [4.78, 5) is 12.4. The fraction of sp³-hybridized carbons (Fsp3) is 0.375. The van der Waals surface area contributed by atoms with Crippen molar-refractivity contribution in [2.24, 2.45) is 5.14 Å². The number of hydrogen-bond donors (Lipinski definition) is 2. The number of amides is 1. The van der Waals surface area contributed by atoms with Crippen LogP contribution in [0.4, 0.5) is 5.69 Å². The Labute approximate surface area is 140 Å². The predicted octanol–water partition coefficient (Wildman–Crippen LogP) is 1.56. The van der Waals surface area contributed by atoms with Crippen LogP contribution in [0.3, 0.4) is 0 Å². The van der Waals surface area contributed by atoms with Gasteiger partial charge in [-0.25, -0.2) is 18.2 Å². The van der Waals surface area contributed by atoms with Crippen LogP contribution in [0, 0.1) is 20.8 Å². The van der Waals surface area contributed by atoms with Crippen LogP contribution in [0.5, 0.6) is 0 Å². The summed E-state index contributed by atoms with van der Waals surface area (Å²) in [6, 6.07) is 6.03. The van der Waals surface area contributed by atoms with Gasteiger partial charge in [0, 0.05) is 0 Å². The van der Waals surface area contributed by atoms with Crippen molar-refractivity contribution in [1.82, 2.24) is 9.78 Å². The van der Waals surface area contributed by atoms with Gasteiger partial charge in [-0.05, 0) is 50.8 Å². The van der Waals surface area contributed by atoms with E-state index in [0.29, 0.717) is 5.69 Å². The Morgan fingerprint density at radius 1 is 1.29 bits per heavy atom. The molecule has 3 rings (SSSR count). The number of nitrogens with zero attached hydrogens (tertiary/aromatic N) is 2. The Hall–Kier alpha value is -2.19. The first-order chi connectivity index (χ1) is 11.2. The number of rotatable bonds is 4. The topological polar surface area (TPSA) is 107 Å². The fourth-order valence-electron chi connectivity index (χ4n) is 2.71. The molecule has 1 aromatic carbocycles. The zero-order valence-corrected chi connectivity index (χ0v) is 14.6. The van der Waals surface area contributed by atoms with Gasteiger partial charge in [0.25, 0.3) is 0 Å². The molecule has 2 aromatic rings. The van der Waals surface area contributed by atoms with Crippen molar-refractivity contribution >= 4 is 21.6 Å². The maximum atomic E-state index is 12.4. The molecule has 0 unspecified atom stereocenters. The lowest BCUT2D eigenvalue weighted by Crippen LogP contribution is -2.41. The summed E-state index contributed by atoms with van der Waals surface area (Å²) in [7, 11) is -3.92. The molecule has 0 spiro atoms. The lowest BCUT2D eigenvalue weighted by molar-refractivity contribution is -0.116. The van der Waals surface area contributed by atoms with Crippen molar-refractivity contribution in [3.8, 4) is 5.69 Å². The maximum Gasteiger partial charge on any atom is 0.247 e. The van der Waals surface area contributed by atoms with E-state index in [2.05, 4.69) is 10.4 Å². The van der Waals surface area contributed by atoms with Crippen molar-refractivity contribution < 1.29 is 13.2 Å². The fourth-order valence-corrected chi connectivity index (χ4v) is 3.69. The number of hydrogen-bond acceptors (Lipinski definition) is 4. The normalized spacial score (nSPS) is 16.0. The van der Waals surface area contributed by atoms with E-state index in [1.807, 2.05) is 39.0 Å². The summed E-state index contributed by atoms with van der Waals surface area (Å²) in [6.07, 6.45) is 2.03. The standard InChI is InChI=1S/C16H20N4O3S/c1-10-4-5-11(2)14(8-10)20-12(3)13(9-18-20)19-15(21)16(6-7-16)24(17,22)23/h4-5,8-9H,6-7H2,1-3H3,(H,19,21)(H2,17,22,23). The van der Waals surface area contributed by atoms with E-state index in [4.69, 9.17) is 5.14 Å². The van der Waals surface area contributed by atoms with Crippen LogP contribution in [0.15, 0.2) is 24.4 Å². The number of primary sulfonamides is 1. The molecule has 8 heteroatoms. The van der Waals surface area contributed by atoms with Crippen LogP contribution in [0.2, 0.25) is 0 Å². The van der Waals surface area contributed by atoms with Crippen molar-refractivity contribution in [3.63, 3.8) is 0 Å². The smallest absolute Gasteiger partial charge is 0.247 e. The molecule has 0 bridgehead atoms. The third-order valence-electron chi connectivity index (χ3n) is 4.51. The van der Waals surface area contributed by atoms with Crippen LogP contribution in [-0.4, -0.2) is 28.9 Å². The minimum Gasteiger partial charge on any atom is -0.322 e. The first kappa shape index (κ1) is 16.7. The first-order valence-corrected chi connectivity index (χ1v) is 9.16. The molecular weight excluding hydrogens is 328 g/mol. The molecule has 3 N–H and O–H groups in total. The monoisotopic (exact) mass is 348 g/mol. The summed E-state index contributed by atoms with van der Waals surface area (Å²) in [5.74, 6) is -0.589. The highest BCUT2D eigenvalue weighted by atomic mass is 32.2. The van der Waals surface area contributed by atoms with E-state index in [1.165, 1.54) is 6.20 Å². The summed E-state index contributed by atoms with van der Waals surface area (Å²) in [5.41, 5.74) is 4.27. The largest absolute Gasteiger partial charge is 0.322 e. The number of nitrogens with two attached hydrogens (primary N) is 1. The number of anilines is 1. The number of aryl methyl sites for hydroxylation is 2. The number of aromatic nitrogens is 2. The average molecular weight is 348 g/mol. The Bertz CT molecular complexity index is 927. The van der Waals surface area contributed by atoms with Crippen LogP contribution < -0.4 is 10.5 Å². The van der Waals surface area contributed by atoms with E-state index in [-0.39, 0.29) is 12.8 Å². The van der Waals surface area contributed by atoms with E-state index in [0.717, 1.165) is 22.5 Å². The van der Waals surface area contributed by atoms with Crippen LogP contribution >= 0.6 is 0 Å². The van der Waals surface area contributed by atoms with E-state index >= 15 is 0 Å². The highest BCUT2D eigenvalue weighted by molar-refractivity contribution is 7.91. The van der Waals surface area contributed by atoms with Crippen molar-refractivity contribution in [3.05, 3.63) is 41.2 Å². The van der Waals surface area contributed by atoms with Gasteiger partial charge in [0.05, 0.1) is 23.3 Å². The Kier molecular flexibility index (Phi) is 3.76.